The van der Waals surface area contributed by atoms with E-state index in [0.717, 1.165) is 0 Å². The molecule has 0 amide bonds. The van der Waals surface area contributed by atoms with Crippen molar-refractivity contribution in [3.63, 3.8) is 0 Å². The number of carboxylic acid groups (broad SMARTS) is 2. The number of carbonyl (C=O) groups is 2. The van der Waals surface area contributed by atoms with Crippen LogP contribution in [0.1, 0.15) is 31.7 Å². The number of benzene rings is 1. The van der Waals surface area contributed by atoms with Gasteiger partial charge in [0.1, 0.15) is 5.41 Å². The van der Waals surface area contributed by atoms with E-state index in [2.05, 4.69) is 10.3 Å². The third-order valence-corrected chi connectivity index (χ3v) is 5.80. The van der Waals surface area contributed by atoms with Crippen LogP contribution in [0.4, 0.5) is 5.69 Å². The normalized spacial score (nSPS) is 23.7. The molecule has 0 aliphatic carbocycles. The molecule has 1 aliphatic heterocycles. The molecule has 10 nitrogen and oxygen atoms in total. The molecule has 2 aromatic rings. The standard InChI is InChI=1S/C20H22N4O6/c1-3-20(19(27)28)15(10-23-8-7-21-11-23)22-12(2)16(18(25)26)17(20)13-5-4-6-14(9-13)24(29)30/h4-9,11,15,17,22H,3,10H2,1-2H3,(H,25,26)(H,27,28)/t15?,17-,20?/m1/s1. The molecule has 0 bridgehead atoms. The molecular formula is C20H22N4O6. The molecule has 0 spiro atoms. The van der Waals surface area contributed by atoms with Crippen molar-refractivity contribution in [2.24, 2.45) is 5.41 Å². The Morgan fingerprint density at radius 1 is 1.37 bits per heavy atom. The van der Waals surface area contributed by atoms with Crippen molar-refractivity contribution in [2.45, 2.75) is 38.8 Å². The van der Waals surface area contributed by atoms with E-state index in [1.807, 2.05) is 0 Å². The Morgan fingerprint density at radius 3 is 2.63 bits per heavy atom. The minimum atomic E-state index is -1.56. The van der Waals surface area contributed by atoms with Crippen LogP contribution in [0.2, 0.25) is 0 Å². The van der Waals surface area contributed by atoms with Crippen LogP contribution in [0.15, 0.2) is 54.3 Å². The third-order valence-electron chi connectivity index (χ3n) is 5.80. The number of allylic oxidation sites excluding steroid dienone is 1. The number of carboxylic acids is 2. The zero-order valence-corrected chi connectivity index (χ0v) is 16.5. The highest BCUT2D eigenvalue weighted by molar-refractivity contribution is 5.93. The largest absolute Gasteiger partial charge is 0.481 e. The summed E-state index contributed by atoms with van der Waals surface area (Å²) in [6, 6.07) is 4.85. The Morgan fingerprint density at radius 2 is 2.10 bits per heavy atom. The predicted octanol–water partition coefficient (Wildman–Crippen LogP) is 2.39. The maximum Gasteiger partial charge on any atom is 0.333 e. The van der Waals surface area contributed by atoms with Gasteiger partial charge in [-0.1, -0.05) is 19.1 Å². The molecule has 1 aromatic heterocycles. The molecule has 10 heteroatoms. The summed E-state index contributed by atoms with van der Waals surface area (Å²) >= 11 is 0. The van der Waals surface area contributed by atoms with Crippen LogP contribution in [0.25, 0.3) is 0 Å². The number of nitrogens with zero attached hydrogens (tertiary/aromatic N) is 3. The average Bonchev–Trinajstić information content (AvgIpc) is 3.20. The fraction of sp³-hybridized carbons (Fsp3) is 0.350. The maximum atomic E-state index is 12.7. The maximum absolute atomic E-state index is 12.7. The Hall–Kier alpha value is -3.69. The fourth-order valence-corrected chi connectivity index (χ4v) is 4.40. The molecule has 158 valence electrons. The first-order chi connectivity index (χ1) is 14.2. The van der Waals surface area contributed by atoms with Crippen LogP contribution in [0.5, 0.6) is 0 Å². The minimum absolute atomic E-state index is 0.103. The molecule has 0 radical (unpaired) electrons. The number of hydrogen-bond donors (Lipinski definition) is 3. The van der Waals surface area contributed by atoms with E-state index in [-0.39, 0.29) is 29.8 Å². The van der Waals surface area contributed by atoms with Crippen molar-refractivity contribution in [3.05, 3.63) is 69.9 Å². The molecule has 0 saturated carbocycles. The van der Waals surface area contributed by atoms with Gasteiger partial charge < -0.3 is 20.1 Å². The lowest BCUT2D eigenvalue weighted by atomic mass is 9.60. The summed E-state index contributed by atoms with van der Waals surface area (Å²) in [5.41, 5.74) is -1.29. The summed E-state index contributed by atoms with van der Waals surface area (Å²) in [5, 5.41) is 34.7. The second kappa shape index (κ2) is 7.97. The van der Waals surface area contributed by atoms with E-state index >= 15 is 0 Å². The molecule has 30 heavy (non-hydrogen) atoms. The Kier molecular flexibility index (Phi) is 5.59. The lowest BCUT2D eigenvalue weighted by Crippen LogP contribution is -2.59. The van der Waals surface area contributed by atoms with Crippen LogP contribution in [0.3, 0.4) is 0 Å². The smallest absolute Gasteiger partial charge is 0.333 e. The minimum Gasteiger partial charge on any atom is -0.481 e. The van der Waals surface area contributed by atoms with E-state index in [0.29, 0.717) is 5.70 Å². The van der Waals surface area contributed by atoms with Gasteiger partial charge in [0.25, 0.3) is 5.69 Å². The zero-order valence-electron chi connectivity index (χ0n) is 16.5. The Bertz CT molecular complexity index is 1020. The number of aromatic nitrogens is 2. The van der Waals surface area contributed by atoms with Gasteiger partial charge in [0, 0.05) is 42.7 Å². The van der Waals surface area contributed by atoms with Crippen LogP contribution >= 0.6 is 0 Å². The van der Waals surface area contributed by atoms with Gasteiger partial charge in [-0.15, -0.1) is 0 Å². The molecular weight excluding hydrogens is 392 g/mol. The summed E-state index contributed by atoms with van der Waals surface area (Å²) in [4.78, 5) is 39.6. The molecule has 3 rings (SSSR count). The lowest BCUT2D eigenvalue weighted by Gasteiger charge is -2.47. The summed E-state index contributed by atoms with van der Waals surface area (Å²) in [6.07, 6.45) is 4.92. The Labute approximate surface area is 172 Å². The van der Waals surface area contributed by atoms with Gasteiger partial charge in [0.05, 0.1) is 22.9 Å². The number of nitro benzene ring substituents is 1. The first-order valence-corrected chi connectivity index (χ1v) is 9.36. The van der Waals surface area contributed by atoms with Crippen LogP contribution in [0, 0.1) is 15.5 Å². The van der Waals surface area contributed by atoms with Crippen LogP contribution in [-0.2, 0) is 16.1 Å². The molecule has 3 atom stereocenters. The molecule has 3 N–H and O–H groups in total. The molecule has 0 fully saturated rings. The topological polar surface area (TPSA) is 148 Å². The Balaban J connectivity index is 2.27. The first-order valence-electron chi connectivity index (χ1n) is 9.36. The van der Waals surface area contributed by atoms with Gasteiger partial charge in [-0.25, -0.2) is 9.78 Å². The molecule has 2 heterocycles. The van der Waals surface area contributed by atoms with Crippen molar-refractivity contribution in [1.82, 2.24) is 14.9 Å². The lowest BCUT2D eigenvalue weighted by molar-refractivity contribution is -0.384. The van der Waals surface area contributed by atoms with Crippen molar-refractivity contribution in [1.29, 1.82) is 0 Å². The molecule has 1 aromatic carbocycles. The van der Waals surface area contributed by atoms with Gasteiger partial charge in [-0.2, -0.15) is 0 Å². The monoisotopic (exact) mass is 414 g/mol. The quantitative estimate of drug-likeness (QED) is 0.462. The van der Waals surface area contributed by atoms with Crippen molar-refractivity contribution < 1.29 is 24.7 Å². The average molecular weight is 414 g/mol. The molecule has 2 unspecified atom stereocenters. The third kappa shape index (κ3) is 3.40. The number of aliphatic carboxylic acids is 2. The van der Waals surface area contributed by atoms with Crippen molar-refractivity contribution in [2.75, 3.05) is 0 Å². The second-order valence-corrected chi connectivity index (χ2v) is 7.28. The zero-order chi connectivity index (χ0) is 22.1. The molecule has 0 saturated heterocycles. The van der Waals surface area contributed by atoms with Crippen LogP contribution in [-0.4, -0.2) is 42.7 Å². The van der Waals surface area contributed by atoms with E-state index in [4.69, 9.17) is 0 Å². The number of rotatable bonds is 7. The predicted molar refractivity (Wildman–Crippen MR) is 106 cm³/mol. The van der Waals surface area contributed by atoms with E-state index in [9.17, 15) is 29.9 Å². The SMILES string of the molecule is CCC1(C(=O)O)C(Cn2ccnc2)NC(C)=C(C(=O)O)[C@H]1c1cccc([N+](=O)[O-])c1. The van der Waals surface area contributed by atoms with Gasteiger partial charge in [0.2, 0.25) is 0 Å². The second-order valence-electron chi connectivity index (χ2n) is 7.28. The summed E-state index contributed by atoms with van der Waals surface area (Å²) in [6.45, 7) is 3.49. The van der Waals surface area contributed by atoms with Crippen molar-refractivity contribution >= 4 is 17.6 Å². The number of nitrogens with one attached hydrogen (secondary N) is 1. The van der Waals surface area contributed by atoms with Gasteiger partial charge in [0.15, 0.2) is 0 Å². The first kappa shape index (κ1) is 21.0. The summed E-state index contributed by atoms with van der Waals surface area (Å²) in [7, 11) is 0. The van der Waals surface area contributed by atoms with E-state index in [1.165, 1.54) is 18.2 Å². The fourth-order valence-electron chi connectivity index (χ4n) is 4.40. The van der Waals surface area contributed by atoms with Crippen molar-refractivity contribution in [3.8, 4) is 0 Å². The van der Waals surface area contributed by atoms with Gasteiger partial charge in [-0.3, -0.25) is 14.9 Å². The highest BCUT2D eigenvalue weighted by Gasteiger charge is 2.57. The number of non-ortho nitro benzene ring substituents is 1. The van der Waals surface area contributed by atoms with Crippen LogP contribution < -0.4 is 5.32 Å². The van der Waals surface area contributed by atoms with Gasteiger partial charge >= 0.3 is 11.9 Å². The summed E-state index contributed by atoms with van der Waals surface area (Å²) < 4.78 is 1.72. The van der Waals surface area contributed by atoms with E-state index < -0.39 is 34.2 Å². The highest BCUT2D eigenvalue weighted by atomic mass is 16.6. The molecule has 1 aliphatic rings. The highest BCUT2D eigenvalue weighted by Crippen LogP contribution is 2.51. The van der Waals surface area contributed by atoms with E-state index in [1.54, 1.807) is 43.2 Å². The number of imidazole rings is 1. The number of nitro groups is 1. The van der Waals surface area contributed by atoms with Gasteiger partial charge in [-0.05, 0) is 18.9 Å². The summed E-state index contributed by atoms with van der Waals surface area (Å²) in [5.74, 6) is -3.53. The number of hydrogen-bond acceptors (Lipinski definition) is 6.